The normalized spacial score (nSPS) is 28.2. The van der Waals surface area contributed by atoms with Crippen LogP contribution in [0.2, 0.25) is 0 Å². The molecule has 2 heteroatoms. The number of allylic oxidation sites excluding steroid dienone is 2. The smallest absolute Gasteiger partial charge is 0.303 e. The molecule has 0 unspecified atom stereocenters. The van der Waals surface area contributed by atoms with Gasteiger partial charge in [-0.2, -0.15) is 0 Å². The Balaban J connectivity index is 2.44. The van der Waals surface area contributed by atoms with Gasteiger partial charge in [0.1, 0.15) is 6.10 Å². The fourth-order valence-electron chi connectivity index (χ4n) is 1.17. The Labute approximate surface area is 72.9 Å². The van der Waals surface area contributed by atoms with Gasteiger partial charge in [-0.05, 0) is 18.9 Å². The molecule has 0 aromatic heterocycles. The molecule has 0 heterocycles. The predicted octanol–water partition coefficient (Wildman–Crippen LogP) is 2.21. The Morgan fingerprint density at radius 2 is 2.08 bits per heavy atom. The molecule has 0 bridgehead atoms. The maximum Gasteiger partial charge on any atom is 0.303 e. The van der Waals surface area contributed by atoms with Crippen molar-refractivity contribution in [2.75, 3.05) is 0 Å². The predicted molar refractivity (Wildman–Crippen MR) is 47.7 cm³/mol. The standard InChI is InChI=1S/C10H14O2/c1-9(11)12-10-7-5-3-2-4-6-8-10/h3,5-6,8,10H,2,4,7H2,1H3/b5-3+,8-6+/t10-/m1/s1. The Hall–Kier alpha value is -1.05. The van der Waals surface area contributed by atoms with Crippen molar-refractivity contribution in [2.24, 2.45) is 0 Å². The van der Waals surface area contributed by atoms with Crippen molar-refractivity contribution < 1.29 is 9.53 Å². The van der Waals surface area contributed by atoms with Crippen LogP contribution in [0.1, 0.15) is 26.2 Å². The molecule has 1 rings (SSSR count). The molecule has 0 aliphatic heterocycles. The summed E-state index contributed by atoms with van der Waals surface area (Å²) in [6, 6.07) is 0. The molecule has 0 saturated carbocycles. The number of carbonyl (C=O) groups excluding carboxylic acids is 1. The minimum atomic E-state index is -0.210. The molecular weight excluding hydrogens is 152 g/mol. The summed E-state index contributed by atoms with van der Waals surface area (Å²) >= 11 is 0. The van der Waals surface area contributed by atoms with Gasteiger partial charge in [0.25, 0.3) is 0 Å². The summed E-state index contributed by atoms with van der Waals surface area (Å²) < 4.78 is 5.05. The van der Waals surface area contributed by atoms with Crippen LogP contribution in [0.3, 0.4) is 0 Å². The number of carbonyl (C=O) groups is 1. The highest BCUT2D eigenvalue weighted by Gasteiger charge is 2.06. The first kappa shape index (κ1) is 9.04. The lowest BCUT2D eigenvalue weighted by molar-refractivity contribution is -0.143. The lowest BCUT2D eigenvalue weighted by Gasteiger charge is -2.11. The van der Waals surface area contributed by atoms with Crippen molar-refractivity contribution in [1.29, 1.82) is 0 Å². The van der Waals surface area contributed by atoms with Gasteiger partial charge in [-0.15, -0.1) is 0 Å². The summed E-state index contributed by atoms with van der Waals surface area (Å²) in [6.07, 6.45) is 11.1. The Bertz CT molecular complexity index is 204. The fraction of sp³-hybridized carbons (Fsp3) is 0.500. The molecule has 0 saturated heterocycles. The van der Waals surface area contributed by atoms with Crippen molar-refractivity contribution in [3.05, 3.63) is 24.3 Å². The van der Waals surface area contributed by atoms with E-state index in [4.69, 9.17) is 4.74 Å². The van der Waals surface area contributed by atoms with Crippen LogP contribution in [0.25, 0.3) is 0 Å². The third-order valence-corrected chi connectivity index (χ3v) is 1.70. The van der Waals surface area contributed by atoms with E-state index >= 15 is 0 Å². The summed E-state index contributed by atoms with van der Waals surface area (Å²) in [5.41, 5.74) is 0. The topological polar surface area (TPSA) is 26.3 Å². The number of rotatable bonds is 1. The molecular formula is C10H14O2. The van der Waals surface area contributed by atoms with Crippen LogP contribution >= 0.6 is 0 Å². The second-order valence-corrected chi connectivity index (χ2v) is 2.86. The Morgan fingerprint density at radius 3 is 2.83 bits per heavy atom. The molecule has 0 amide bonds. The summed E-state index contributed by atoms with van der Waals surface area (Å²) in [6.45, 7) is 1.44. The van der Waals surface area contributed by atoms with Gasteiger partial charge in [-0.3, -0.25) is 4.79 Å². The van der Waals surface area contributed by atoms with E-state index in [1.54, 1.807) is 0 Å². The molecule has 1 aliphatic carbocycles. The monoisotopic (exact) mass is 166 g/mol. The van der Waals surface area contributed by atoms with Gasteiger partial charge >= 0.3 is 5.97 Å². The number of hydrogen-bond acceptors (Lipinski definition) is 2. The van der Waals surface area contributed by atoms with E-state index in [2.05, 4.69) is 18.2 Å². The molecule has 1 aliphatic rings. The van der Waals surface area contributed by atoms with Crippen LogP contribution in [0.5, 0.6) is 0 Å². The number of hydrogen-bond donors (Lipinski definition) is 0. The van der Waals surface area contributed by atoms with Gasteiger partial charge < -0.3 is 4.74 Å². The zero-order valence-corrected chi connectivity index (χ0v) is 7.32. The minimum Gasteiger partial charge on any atom is -0.458 e. The molecule has 0 N–H and O–H groups in total. The first-order valence-corrected chi connectivity index (χ1v) is 4.28. The zero-order valence-electron chi connectivity index (χ0n) is 7.32. The SMILES string of the molecule is CC(=O)O[C@H]1/C=C/CC/C=C/C1. The first-order valence-electron chi connectivity index (χ1n) is 4.28. The molecule has 0 fully saturated rings. The van der Waals surface area contributed by atoms with Crippen LogP contribution in [-0.4, -0.2) is 12.1 Å². The van der Waals surface area contributed by atoms with E-state index in [-0.39, 0.29) is 12.1 Å². The van der Waals surface area contributed by atoms with E-state index in [0.29, 0.717) is 0 Å². The van der Waals surface area contributed by atoms with Gasteiger partial charge in [0.2, 0.25) is 0 Å². The van der Waals surface area contributed by atoms with E-state index < -0.39 is 0 Å². The van der Waals surface area contributed by atoms with Crippen LogP contribution in [-0.2, 0) is 9.53 Å². The van der Waals surface area contributed by atoms with E-state index in [1.165, 1.54) is 6.92 Å². The third kappa shape index (κ3) is 3.37. The first-order chi connectivity index (χ1) is 5.79. The van der Waals surface area contributed by atoms with Crippen LogP contribution in [0.15, 0.2) is 24.3 Å². The van der Waals surface area contributed by atoms with Gasteiger partial charge in [0.15, 0.2) is 0 Å². The van der Waals surface area contributed by atoms with E-state index in [1.807, 2.05) is 6.08 Å². The molecule has 12 heavy (non-hydrogen) atoms. The zero-order chi connectivity index (χ0) is 8.81. The number of esters is 1. The molecule has 0 aromatic rings. The highest BCUT2D eigenvalue weighted by atomic mass is 16.5. The van der Waals surface area contributed by atoms with Crippen molar-refractivity contribution in [2.45, 2.75) is 32.3 Å². The van der Waals surface area contributed by atoms with Crippen molar-refractivity contribution >= 4 is 5.97 Å². The lowest BCUT2D eigenvalue weighted by atomic mass is 10.1. The van der Waals surface area contributed by atoms with E-state index in [0.717, 1.165) is 19.3 Å². The second kappa shape index (κ2) is 4.75. The number of ether oxygens (including phenoxy) is 1. The highest BCUT2D eigenvalue weighted by molar-refractivity contribution is 5.66. The average Bonchev–Trinajstić information content (AvgIpc) is 1.93. The largest absolute Gasteiger partial charge is 0.458 e. The molecule has 0 radical (unpaired) electrons. The van der Waals surface area contributed by atoms with Crippen molar-refractivity contribution in [1.82, 2.24) is 0 Å². The van der Waals surface area contributed by atoms with Gasteiger partial charge in [0.05, 0.1) is 0 Å². The maximum atomic E-state index is 10.6. The van der Waals surface area contributed by atoms with Gasteiger partial charge in [-0.1, -0.05) is 18.2 Å². The van der Waals surface area contributed by atoms with Crippen molar-refractivity contribution in [3.8, 4) is 0 Å². The van der Waals surface area contributed by atoms with Gasteiger partial charge in [-0.25, -0.2) is 0 Å². The molecule has 1 atom stereocenters. The van der Waals surface area contributed by atoms with Gasteiger partial charge in [0, 0.05) is 13.3 Å². The van der Waals surface area contributed by atoms with E-state index in [9.17, 15) is 4.79 Å². The molecule has 0 spiro atoms. The average molecular weight is 166 g/mol. The quantitative estimate of drug-likeness (QED) is 0.441. The van der Waals surface area contributed by atoms with Crippen molar-refractivity contribution in [3.63, 3.8) is 0 Å². The minimum absolute atomic E-state index is 0.0564. The summed E-state index contributed by atoms with van der Waals surface area (Å²) in [5, 5.41) is 0. The summed E-state index contributed by atoms with van der Waals surface area (Å²) in [7, 11) is 0. The van der Waals surface area contributed by atoms with Crippen LogP contribution < -0.4 is 0 Å². The molecule has 2 nitrogen and oxygen atoms in total. The molecule has 0 aromatic carbocycles. The fourth-order valence-corrected chi connectivity index (χ4v) is 1.17. The van der Waals surface area contributed by atoms with Crippen LogP contribution in [0.4, 0.5) is 0 Å². The Morgan fingerprint density at radius 1 is 1.33 bits per heavy atom. The third-order valence-electron chi connectivity index (χ3n) is 1.70. The Kier molecular flexibility index (Phi) is 3.58. The van der Waals surface area contributed by atoms with Crippen LogP contribution in [0, 0.1) is 0 Å². The maximum absolute atomic E-state index is 10.6. The second-order valence-electron chi connectivity index (χ2n) is 2.86. The lowest BCUT2D eigenvalue weighted by Crippen LogP contribution is -2.12. The summed E-state index contributed by atoms with van der Waals surface area (Å²) in [5.74, 6) is -0.210. The highest BCUT2D eigenvalue weighted by Crippen LogP contribution is 2.08. The summed E-state index contributed by atoms with van der Waals surface area (Å²) in [4.78, 5) is 10.6. The molecule has 66 valence electrons.